The minimum Gasteiger partial charge on any atom is -0.506 e. The molecule has 4 aromatic rings. The van der Waals surface area contributed by atoms with Gasteiger partial charge in [-0.1, -0.05) is 60.7 Å². The highest BCUT2D eigenvalue weighted by molar-refractivity contribution is 6.03. The third-order valence-electron chi connectivity index (χ3n) is 5.19. The van der Waals surface area contributed by atoms with E-state index < -0.39 is 28.7 Å². The molecule has 2 heterocycles. The van der Waals surface area contributed by atoms with Gasteiger partial charge in [0.1, 0.15) is 12.4 Å². The summed E-state index contributed by atoms with van der Waals surface area (Å²) in [5.74, 6) is -2.05. The fraction of sp³-hybridized carbons (Fsp3) is 0.154. The Morgan fingerprint density at radius 1 is 1.03 bits per heavy atom. The highest BCUT2D eigenvalue weighted by Gasteiger charge is 2.25. The average Bonchev–Trinajstić information content (AvgIpc) is 2.88. The smallest absolute Gasteiger partial charge is 0.339 e. The van der Waals surface area contributed by atoms with E-state index in [1.54, 1.807) is 6.92 Å². The summed E-state index contributed by atoms with van der Waals surface area (Å²) in [6.45, 7) is 1.96. The zero-order valence-electron chi connectivity index (χ0n) is 18.9. The lowest BCUT2D eigenvalue weighted by Gasteiger charge is -2.15. The van der Waals surface area contributed by atoms with Crippen molar-refractivity contribution < 1.29 is 24.3 Å². The number of ether oxygens (including phenoxy) is 1. The first-order chi connectivity index (χ1) is 17.0. The highest BCUT2D eigenvalue weighted by Crippen LogP contribution is 2.26. The van der Waals surface area contributed by atoms with E-state index in [1.807, 2.05) is 60.7 Å². The van der Waals surface area contributed by atoms with Crippen molar-refractivity contribution >= 4 is 22.9 Å². The Morgan fingerprint density at radius 2 is 1.69 bits per heavy atom. The molecule has 0 saturated heterocycles. The lowest BCUT2D eigenvalue weighted by atomic mass is 10.1. The molecule has 0 aliphatic rings. The molecule has 0 radical (unpaired) electrons. The molecule has 0 aliphatic heterocycles. The van der Waals surface area contributed by atoms with E-state index in [1.165, 1.54) is 12.3 Å². The summed E-state index contributed by atoms with van der Waals surface area (Å²) >= 11 is 0. The maximum absolute atomic E-state index is 13.3. The van der Waals surface area contributed by atoms with Crippen LogP contribution in [-0.2, 0) is 17.9 Å². The fourth-order valence-electron chi connectivity index (χ4n) is 3.46. The van der Waals surface area contributed by atoms with Crippen LogP contribution in [0, 0.1) is 0 Å². The van der Waals surface area contributed by atoms with Crippen molar-refractivity contribution in [3.8, 4) is 5.75 Å². The molecule has 2 aromatic heterocycles. The summed E-state index contributed by atoms with van der Waals surface area (Å²) < 4.78 is 5.86. The lowest BCUT2D eigenvalue weighted by molar-refractivity contribution is 0.0525. The summed E-state index contributed by atoms with van der Waals surface area (Å²) in [7, 11) is 0. The number of nitrogens with one attached hydrogen (secondary N) is 1. The monoisotopic (exact) mass is 473 g/mol. The third kappa shape index (κ3) is 5.14. The van der Waals surface area contributed by atoms with Gasteiger partial charge in [-0.3, -0.25) is 9.59 Å². The molecule has 2 aromatic carbocycles. The number of hydrogen-bond donors (Lipinski definition) is 2. The van der Waals surface area contributed by atoms with Crippen molar-refractivity contribution in [3.63, 3.8) is 0 Å². The lowest BCUT2D eigenvalue weighted by Crippen LogP contribution is -2.36. The molecule has 35 heavy (non-hydrogen) atoms. The number of aromatic hydroxyl groups is 1. The van der Waals surface area contributed by atoms with E-state index in [0.717, 1.165) is 15.9 Å². The molecule has 0 saturated carbocycles. The predicted molar refractivity (Wildman–Crippen MR) is 128 cm³/mol. The maximum atomic E-state index is 13.3. The second-order valence-electron chi connectivity index (χ2n) is 7.57. The maximum Gasteiger partial charge on any atom is 0.339 e. The number of aromatic nitrogens is 2. The molecule has 9 heteroatoms. The zero-order chi connectivity index (χ0) is 24.8. The van der Waals surface area contributed by atoms with Crippen LogP contribution >= 0.6 is 0 Å². The van der Waals surface area contributed by atoms with E-state index in [0.29, 0.717) is 0 Å². The van der Waals surface area contributed by atoms with Gasteiger partial charge < -0.3 is 20.0 Å². The summed E-state index contributed by atoms with van der Waals surface area (Å²) in [4.78, 5) is 48.4. The van der Waals surface area contributed by atoms with Gasteiger partial charge in [0, 0.05) is 12.7 Å². The van der Waals surface area contributed by atoms with E-state index >= 15 is 0 Å². The normalized spacial score (nSPS) is 10.7. The van der Waals surface area contributed by atoms with Crippen molar-refractivity contribution in [2.75, 3.05) is 6.61 Å². The molecule has 0 spiro atoms. The number of nitrogens with zero attached hydrogens (tertiary/aromatic N) is 2. The molecule has 0 atom stereocenters. The topological polar surface area (TPSA) is 120 Å². The zero-order valence-corrected chi connectivity index (χ0v) is 18.9. The van der Waals surface area contributed by atoms with Gasteiger partial charge in [0.05, 0.1) is 17.6 Å². The second-order valence-corrected chi connectivity index (χ2v) is 7.57. The van der Waals surface area contributed by atoms with Gasteiger partial charge in [-0.15, -0.1) is 4.73 Å². The van der Waals surface area contributed by atoms with Crippen LogP contribution in [0.3, 0.4) is 0 Å². The number of hydrogen-bond acceptors (Lipinski definition) is 7. The standard InChI is InChI=1S/C26H23N3O6/c1-2-34-26(33)19-13-20-22(30)21(24(31)28-14-17-9-5-3-6-10-17)25(32)29(23(20)27-15-19)35-16-18-11-7-4-8-12-18/h3-13,15,30H,2,14,16H2,1H3,(H,28,31). The number of benzene rings is 2. The van der Waals surface area contributed by atoms with Crippen molar-refractivity contribution in [1.29, 1.82) is 0 Å². The van der Waals surface area contributed by atoms with Crippen LogP contribution in [0.1, 0.15) is 38.8 Å². The molecule has 9 nitrogen and oxygen atoms in total. The Morgan fingerprint density at radius 3 is 2.34 bits per heavy atom. The van der Waals surface area contributed by atoms with E-state index in [9.17, 15) is 19.5 Å². The van der Waals surface area contributed by atoms with Crippen LogP contribution in [0.4, 0.5) is 0 Å². The number of carbonyl (C=O) groups is 2. The average molecular weight is 473 g/mol. The number of carbonyl (C=O) groups excluding carboxylic acids is 2. The Hall–Kier alpha value is -4.66. The summed E-state index contributed by atoms with van der Waals surface area (Å²) in [6, 6.07) is 19.5. The molecule has 0 bridgehead atoms. The summed E-state index contributed by atoms with van der Waals surface area (Å²) in [5.41, 5.74) is 0.193. The first kappa shape index (κ1) is 23.5. The van der Waals surface area contributed by atoms with Crippen molar-refractivity contribution in [3.05, 3.63) is 106 Å². The number of amides is 1. The van der Waals surface area contributed by atoms with Gasteiger partial charge in [0.15, 0.2) is 11.2 Å². The SMILES string of the molecule is CCOC(=O)c1cnc2c(c1)c(O)c(C(=O)NCc1ccccc1)c(=O)n2OCc1ccccc1. The number of rotatable bonds is 8. The van der Waals surface area contributed by atoms with E-state index in [4.69, 9.17) is 9.57 Å². The Bertz CT molecular complexity index is 1420. The van der Waals surface area contributed by atoms with Gasteiger partial charge in [-0.2, -0.15) is 0 Å². The van der Waals surface area contributed by atoms with Crippen LogP contribution in [-0.4, -0.2) is 33.3 Å². The molecular weight excluding hydrogens is 450 g/mol. The first-order valence-electron chi connectivity index (χ1n) is 10.9. The fourth-order valence-corrected chi connectivity index (χ4v) is 3.46. The molecule has 2 N–H and O–H groups in total. The molecule has 4 rings (SSSR count). The molecule has 1 amide bonds. The van der Waals surface area contributed by atoms with Gasteiger partial charge in [-0.05, 0) is 24.1 Å². The Balaban J connectivity index is 1.78. The largest absolute Gasteiger partial charge is 0.506 e. The van der Waals surface area contributed by atoms with Crippen molar-refractivity contribution in [1.82, 2.24) is 15.0 Å². The summed E-state index contributed by atoms with van der Waals surface area (Å²) in [5, 5.41) is 13.6. The van der Waals surface area contributed by atoms with Crippen LogP contribution in [0.5, 0.6) is 5.75 Å². The number of pyridine rings is 2. The number of fused-ring (bicyclic) bond motifs is 1. The second kappa shape index (κ2) is 10.5. The van der Waals surface area contributed by atoms with Gasteiger partial charge in [-0.25, -0.2) is 9.78 Å². The van der Waals surface area contributed by atoms with Crippen LogP contribution in [0.25, 0.3) is 11.0 Å². The summed E-state index contributed by atoms with van der Waals surface area (Å²) in [6.07, 6.45) is 1.22. The first-order valence-corrected chi connectivity index (χ1v) is 10.9. The number of esters is 1. The minimum absolute atomic E-state index is 0.00641. The van der Waals surface area contributed by atoms with E-state index in [-0.39, 0.29) is 36.4 Å². The van der Waals surface area contributed by atoms with Gasteiger partial charge >= 0.3 is 11.5 Å². The molecule has 0 unspecified atom stereocenters. The third-order valence-corrected chi connectivity index (χ3v) is 5.19. The van der Waals surface area contributed by atoms with Gasteiger partial charge in [0.25, 0.3) is 5.91 Å². The molecular formula is C26H23N3O6. The van der Waals surface area contributed by atoms with E-state index in [2.05, 4.69) is 10.3 Å². The van der Waals surface area contributed by atoms with Crippen LogP contribution in [0.2, 0.25) is 0 Å². The van der Waals surface area contributed by atoms with Crippen molar-refractivity contribution in [2.45, 2.75) is 20.1 Å². The van der Waals surface area contributed by atoms with Gasteiger partial charge in [0.2, 0.25) is 0 Å². The quantitative estimate of drug-likeness (QED) is 0.378. The molecule has 178 valence electrons. The molecule has 0 fully saturated rings. The Kier molecular flexibility index (Phi) is 7.06. The van der Waals surface area contributed by atoms with Crippen LogP contribution < -0.4 is 15.7 Å². The highest BCUT2D eigenvalue weighted by atomic mass is 16.7. The van der Waals surface area contributed by atoms with Crippen molar-refractivity contribution in [2.24, 2.45) is 0 Å². The predicted octanol–water partition coefficient (Wildman–Crippen LogP) is 2.84. The Labute approximate surface area is 200 Å². The van der Waals surface area contributed by atoms with Crippen LogP contribution in [0.15, 0.2) is 77.7 Å². The minimum atomic E-state index is -0.882. The molecule has 0 aliphatic carbocycles.